The Bertz CT molecular complexity index is 311. The van der Waals surface area contributed by atoms with Crippen LogP contribution >= 0.6 is 0 Å². The lowest BCUT2D eigenvalue weighted by molar-refractivity contribution is -0.142. The second-order valence-electron chi connectivity index (χ2n) is 4.68. The van der Waals surface area contributed by atoms with Gasteiger partial charge in [0.05, 0.1) is 6.61 Å². The molecule has 20 heavy (non-hydrogen) atoms. The fourth-order valence-corrected chi connectivity index (χ4v) is 1.64. The molecule has 1 N–H and O–H groups in total. The fraction of sp³-hybridized carbons (Fsp3) is 0.733. The van der Waals surface area contributed by atoms with Crippen molar-refractivity contribution >= 4 is 11.8 Å². The normalized spacial score (nSPS) is 11.9. The molecule has 0 amide bonds. The molecule has 0 aliphatic carbocycles. The summed E-state index contributed by atoms with van der Waals surface area (Å²) in [4.78, 5) is 23.0. The highest BCUT2D eigenvalue weighted by Crippen LogP contribution is 2.08. The van der Waals surface area contributed by atoms with E-state index in [9.17, 15) is 9.59 Å². The van der Waals surface area contributed by atoms with Crippen molar-refractivity contribution in [1.29, 1.82) is 0 Å². The molecule has 0 fully saturated rings. The summed E-state index contributed by atoms with van der Waals surface area (Å²) in [6.45, 7) is 7.43. The van der Waals surface area contributed by atoms with Crippen LogP contribution in [0.15, 0.2) is 12.2 Å². The van der Waals surface area contributed by atoms with Crippen molar-refractivity contribution < 1.29 is 24.2 Å². The van der Waals surface area contributed by atoms with Crippen molar-refractivity contribution in [2.75, 3.05) is 19.8 Å². The first-order valence-corrected chi connectivity index (χ1v) is 7.10. The number of hydrogen-bond donors (Lipinski definition) is 1. The Morgan fingerprint density at radius 3 is 2.45 bits per heavy atom. The highest BCUT2D eigenvalue weighted by Gasteiger charge is 2.16. The SMILES string of the molecule is C=C(C)C(=O)OCCOC(CC)C(=O)CCCCCO. The second kappa shape index (κ2) is 11.6. The van der Waals surface area contributed by atoms with Crippen LogP contribution in [-0.2, 0) is 19.1 Å². The maximum absolute atomic E-state index is 11.9. The monoisotopic (exact) mass is 286 g/mol. The maximum atomic E-state index is 11.9. The summed E-state index contributed by atoms with van der Waals surface area (Å²) in [5.41, 5.74) is 0.344. The summed E-state index contributed by atoms with van der Waals surface area (Å²) in [7, 11) is 0. The van der Waals surface area contributed by atoms with Gasteiger partial charge in [-0.15, -0.1) is 0 Å². The molecule has 0 bridgehead atoms. The van der Waals surface area contributed by atoms with Crippen LogP contribution < -0.4 is 0 Å². The van der Waals surface area contributed by atoms with Crippen molar-refractivity contribution in [2.45, 2.75) is 52.1 Å². The highest BCUT2D eigenvalue weighted by molar-refractivity contribution is 5.86. The molecule has 0 saturated heterocycles. The van der Waals surface area contributed by atoms with E-state index < -0.39 is 12.1 Å². The zero-order valence-electron chi connectivity index (χ0n) is 12.5. The Morgan fingerprint density at radius 1 is 1.20 bits per heavy atom. The van der Waals surface area contributed by atoms with Gasteiger partial charge in [0.25, 0.3) is 0 Å². The Morgan fingerprint density at radius 2 is 1.90 bits per heavy atom. The number of Topliss-reactive ketones (excluding diaryl/α,β-unsaturated/α-hetero) is 1. The lowest BCUT2D eigenvalue weighted by Crippen LogP contribution is -2.25. The van der Waals surface area contributed by atoms with E-state index in [1.807, 2.05) is 6.92 Å². The Labute approximate surface area is 121 Å². The third-order valence-corrected chi connectivity index (χ3v) is 2.80. The highest BCUT2D eigenvalue weighted by atomic mass is 16.6. The number of carbonyl (C=O) groups is 2. The van der Waals surface area contributed by atoms with Gasteiger partial charge in [-0.25, -0.2) is 4.79 Å². The van der Waals surface area contributed by atoms with Crippen molar-refractivity contribution in [2.24, 2.45) is 0 Å². The van der Waals surface area contributed by atoms with Crippen molar-refractivity contribution in [3.8, 4) is 0 Å². The summed E-state index contributed by atoms with van der Waals surface area (Å²) >= 11 is 0. The number of carbonyl (C=O) groups excluding carboxylic acids is 2. The summed E-state index contributed by atoms with van der Waals surface area (Å²) in [6, 6.07) is 0. The number of ether oxygens (including phenoxy) is 2. The number of hydrogen-bond acceptors (Lipinski definition) is 5. The van der Waals surface area contributed by atoms with Crippen LogP contribution in [0.25, 0.3) is 0 Å². The molecule has 0 aliphatic heterocycles. The molecule has 0 spiro atoms. The van der Waals surface area contributed by atoms with E-state index in [1.165, 1.54) is 0 Å². The molecule has 5 heteroatoms. The standard InChI is InChI=1S/C15H26O5/c1-4-14(13(17)8-6-5-7-9-16)19-10-11-20-15(18)12(2)3/h14,16H,2,4-11H2,1,3H3. The number of ketones is 1. The third kappa shape index (κ3) is 8.82. The zero-order valence-corrected chi connectivity index (χ0v) is 12.5. The quantitative estimate of drug-likeness (QED) is 0.337. The predicted molar refractivity (Wildman–Crippen MR) is 76.4 cm³/mol. The minimum absolute atomic E-state index is 0.0664. The van der Waals surface area contributed by atoms with Crippen LogP contribution in [0, 0.1) is 0 Å². The Hall–Kier alpha value is -1.20. The molecule has 0 rings (SSSR count). The fourth-order valence-electron chi connectivity index (χ4n) is 1.64. The van der Waals surface area contributed by atoms with Gasteiger partial charge in [-0.3, -0.25) is 4.79 Å². The van der Waals surface area contributed by atoms with E-state index in [-0.39, 0.29) is 25.6 Å². The third-order valence-electron chi connectivity index (χ3n) is 2.80. The van der Waals surface area contributed by atoms with Gasteiger partial charge in [-0.1, -0.05) is 19.9 Å². The van der Waals surface area contributed by atoms with Crippen LogP contribution in [0.5, 0.6) is 0 Å². The first-order chi connectivity index (χ1) is 9.52. The topological polar surface area (TPSA) is 72.8 Å². The van der Waals surface area contributed by atoms with Gasteiger partial charge in [0.1, 0.15) is 12.7 Å². The Kier molecular flexibility index (Phi) is 10.9. The van der Waals surface area contributed by atoms with Crippen LogP contribution in [-0.4, -0.2) is 42.8 Å². The van der Waals surface area contributed by atoms with Gasteiger partial charge in [-0.05, 0) is 26.2 Å². The molecule has 116 valence electrons. The molecule has 0 radical (unpaired) electrons. The van der Waals surface area contributed by atoms with Crippen molar-refractivity contribution in [1.82, 2.24) is 0 Å². The maximum Gasteiger partial charge on any atom is 0.333 e. The minimum atomic E-state index is -0.447. The van der Waals surface area contributed by atoms with E-state index in [1.54, 1.807) is 6.92 Å². The van der Waals surface area contributed by atoms with Crippen LogP contribution in [0.1, 0.15) is 46.0 Å². The van der Waals surface area contributed by atoms with Gasteiger partial charge >= 0.3 is 5.97 Å². The largest absolute Gasteiger partial charge is 0.460 e. The lowest BCUT2D eigenvalue weighted by Gasteiger charge is -2.15. The van der Waals surface area contributed by atoms with E-state index in [0.717, 1.165) is 19.3 Å². The van der Waals surface area contributed by atoms with Crippen LogP contribution in [0.2, 0.25) is 0 Å². The molecule has 0 aliphatic rings. The van der Waals surface area contributed by atoms with E-state index in [4.69, 9.17) is 14.6 Å². The number of rotatable bonds is 12. The molecule has 0 aromatic heterocycles. The number of aliphatic hydroxyl groups is 1. The van der Waals surface area contributed by atoms with E-state index in [0.29, 0.717) is 18.4 Å². The van der Waals surface area contributed by atoms with E-state index in [2.05, 4.69) is 6.58 Å². The van der Waals surface area contributed by atoms with Gasteiger partial charge in [0.15, 0.2) is 5.78 Å². The summed E-state index contributed by atoms with van der Waals surface area (Å²) < 4.78 is 10.3. The molecular weight excluding hydrogens is 260 g/mol. The molecule has 5 nitrogen and oxygen atoms in total. The number of esters is 1. The van der Waals surface area contributed by atoms with Crippen molar-refractivity contribution in [3.05, 3.63) is 12.2 Å². The molecule has 0 heterocycles. The average molecular weight is 286 g/mol. The zero-order chi connectivity index (χ0) is 15.4. The molecular formula is C15H26O5. The predicted octanol–water partition coefficient (Wildman–Crippen LogP) is 2.02. The smallest absolute Gasteiger partial charge is 0.333 e. The van der Waals surface area contributed by atoms with Crippen molar-refractivity contribution in [3.63, 3.8) is 0 Å². The van der Waals surface area contributed by atoms with Gasteiger partial charge in [0, 0.05) is 18.6 Å². The first-order valence-electron chi connectivity index (χ1n) is 7.10. The van der Waals surface area contributed by atoms with E-state index >= 15 is 0 Å². The summed E-state index contributed by atoms with van der Waals surface area (Å²) in [5.74, 6) is -0.381. The van der Waals surface area contributed by atoms with Gasteiger partial charge in [0.2, 0.25) is 0 Å². The Balaban J connectivity index is 3.82. The van der Waals surface area contributed by atoms with Crippen LogP contribution in [0.3, 0.4) is 0 Å². The van der Waals surface area contributed by atoms with Gasteiger partial charge < -0.3 is 14.6 Å². The number of unbranched alkanes of at least 4 members (excludes halogenated alkanes) is 2. The number of aliphatic hydroxyl groups excluding tert-OH is 1. The lowest BCUT2D eigenvalue weighted by atomic mass is 10.1. The molecule has 0 saturated carbocycles. The minimum Gasteiger partial charge on any atom is -0.460 e. The summed E-state index contributed by atoms with van der Waals surface area (Å²) in [5, 5.41) is 8.66. The molecule has 0 aromatic rings. The molecule has 1 atom stereocenters. The average Bonchev–Trinajstić information content (AvgIpc) is 2.43. The first kappa shape index (κ1) is 18.8. The van der Waals surface area contributed by atoms with Crippen LogP contribution in [0.4, 0.5) is 0 Å². The summed E-state index contributed by atoms with van der Waals surface area (Å²) in [6.07, 6.45) is 2.96. The molecule has 1 unspecified atom stereocenters. The second-order valence-corrected chi connectivity index (χ2v) is 4.68. The molecule has 0 aromatic carbocycles. The van der Waals surface area contributed by atoms with Gasteiger partial charge in [-0.2, -0.15) is 0 Å².